The van der Waals surface area contributed by atoms with Gasteiger partial charge in [0.25, 0.3) is 5.19 Å². The fourth-order valence-electron chi connectivity index (χ4n) is 2.78. The van der Waals surface area contributed by atoms with Crippen LogP contribution in [0.2, 0.25) is 5.02 Å². The van der Waals surface area contributed by atoms with Crippen LogP contribution in [0.4, 0.5) is 13.2 Å². The summed E-state index contributed by atoms with van der Waals surface area (Å²) in [5, 5.41) is 48.3. The number of aromatic nitrogens is 4. The second-order valence-electron chi connectivity index (χ2n) is 7.13. The van der Waals surface area contributed by atoms with Crippen molar-refractivity contribution in [1.29, 1.82) is 0 Å². The van der Waals surface area contributed by atoms with Crippen molar-refractivity contribution in [3.8, 4) is 16.6 Å². The standard InChI is InChI=1S/C19H20ClF3N4O5S2/c1-9(29)16(7-28)32-17(34-10-2-3-11(12(20)4-10)19(21,22)23)15(30)6-27-5-13(25-26-27)14-8-33-18(31)24-14/h2-5,8-9,15-17,28-30H,6-7H2,1H3,(H,24,31)/t9-,15+,16?,17?/m1/s1. The van der Waals surface area contributed by atoms with E-state index in [0.717, 1.165) is 35.2 Å². The third-order valence-corrected chi connectivity index (χ3v) is 6.65. The van der Waals surface area contributed by atoms with E-state index >= 15 is 0 Å². The van der Waals surface area contributed by atoms with Crippen LogP contribution in [0.3, 0.4) is 0 Å². The lowest BCUT2D eigenvalue weighted by molar-refractivity contribution is -0.137. The third-order valence-electron chi connectivity index (χ3n) is 4.51. The molecule has 0 amide bonds. The van der Waals surface area contributed by atoms with Crippen LogP contribution < -0.4 is 0 Å². The van der Waals surface area contributed by atoms with Crippen LogP contribution in [0.15, 0.2) is 34.7 Å². The molecular weight excluding hydrogens is 521 g/mol. The number of hydrogen-bond donors (Lipinski definition) is 4. The number of halogens is 4. The fourth-order valence-corrected chi connectivity index (χ4v) is 4.71. The quantitative estimate of drug-likeness (QED) is 0.226. The molecule has 186 valence electrons. The Kier molecular flexibility index (Phi) is 8.78. The van der Waals surface area contributed by atoms with Gasteiger partial charge in [-0.05, 0) is 25.1 Å². The Morgan fingerprint density at radius 1 is 1.26 bits per heavy atom. The summed E-state index contributed by atoms with van der Waals surface area (Å²) in [6, 6.07) is 3.09. The summed E-state index contributed by atoms with van der Waals surface area (Å²) < 4.78 is 46.0. The maximum absolute atomic E-state index is 13.0. The summed E-state index contributed by atoms with van der Waals surface area (Å²) >= 11 is 7.67. The van der Waals surface area contributed by atoms with Gasteiger partial charge in [-0.2, -0.15) is 13.2 Å². The molecule has 0 radical (unpaired) electrons. The average Bonchev–Trinajstić information content (AvgIpc) is 3.38. The van der Waals surface area contributed by atoms with Gasteiger partial charge in [-0.15, -0.1) is 5.10 Å². The van der Waals surface area contributed by atoms with Gasteiger partial charge in [0.05, 0.1) is 36.0 Å². The molecule has 15 heteroatoms. The van der Waals surface area contributed by atoms with Crippen LogP contribution in [0.1, 0.15) is 12.5 Å². The second-order valence-corrected chi connectivity index (χ2v) is 9.55. The van der Waals surface area contributed by atoms with E-state index in [1.54, 1.807) is 5.38 Å². The molecule has 0 fully saturated rings. The number of nitrogens with zero attached hydrogens (tertiary/aromatic N) is 4. The Labute approximate surface area is 204 Å². The molecule has 0 saturated heterocycles. The predicted octanol–water partition coefficient (Wildman–Crippen LogP) is 3.02. The zero-order valence-corrected chi connectivity index (χ0v) is 19.8. The van der Waals surface area contributed by atoms with Gasteiger partial charge in [-0.25, -0.2) is 9.67 Å². The minimum absolute atomic E-state index is 0.141. The smallest absolute Gasteiger partial charge is 0.417 e. The van der Waals surface area contributed by atoms with Gasteiger partial charge >= 0.3 is 6.18 Å². The van der Waals surface area contributed by atoms with E-state index < -0.39 is 47.1 Å². The molecule has 1 aromatic carbocycles. The van der Waals surface area contributed by atoms with E-state index in [9.17, 15) is 33.6 Å². The number of aliphatic hydroxyl groups is 3. The highest BCUT2D eigenvalue weighted by atomic mass is 35.5. The van der Waals surface area contributed by atoms with Crippen LogP contribution in [0.25, 0.3) is 11.4 Å². The van der Waals surface area contributed by atoms with Crippen LogP contribution in [-0.2, 0) is 17.5 Å². The number of aromatic hydroxyl groups is 1. The normalized spacial score (nSPS) is 15.8. The Hall–Kier alpha value is -1.94. The van der Waals surface area contributed by atoms with E-state index in [1.807, 2.05) is 0 Å². The third kappa shape index (κ3) is 6.81. The van der Waals surface area contributed by atoms with Crippen molar-refractivity contribution in [1.82, 2.24) is 20.0 Å². The summed E-state index contributed by atoms with van der Waals surface area (Å²) in [5.41, 5.74) is -1.40. The van der Waals surface area contributed by atoms with E-state index in [0.29, 0.717) is 11.4 Å². The van der Waals surface area contributed by atoms with Crippen molar-refractivity contribution >= 4 is 34.7 Å². The number of rotatable bonds is 10. The van der Waals surface area contributed by atoms with Gasteiger partial charge in [0.15, 0.2) is 0 Å². The van der Waals surface area contributed by atoms with Gasteiger partial charge in [-0.1, -0.05) is 39.9 Å². The first kappa shape index (κ1) is 26.7. The first-order valence-electron chi connectivity index (χ1n) is 9.68. The van der Waals surface area contributed by atoms with Gasteiger partial charge in [-0.3, -0.25) is 0 Å². The number of thiazole rings is 1. The molecule has 2 unspecified atom stereocenters. The lowest BCUT2D eigenvalue weighted by atomic mass is 10.2. The highest BCUT2D eigenvalue weighted by Gasteiger charge is 2.34. The van der Waals surface area contributed by atoms with E-state index in [4.69, 9.17) is 16.3 Å². The molecule has 0 aliphatic rings. The first-order chi connectivity index (χ1) is 16.0. The van der Waals surface area contributed by atoms with Gasteiger partial charge in [0, 0.05) is 10.3 Å². The maximum atomic E-state index is 13.0. The minimum atomic E-state index is -4.62. The zero-order chi connectivity index (χ0) is 25.0. The largest absolute Gasteiger partial charge is 0.486 e. The van der Waals surface area contributed by atoms with Gasteiger partial charge in [0.2, 0.25) is 0 Å². The molecule has 2 aromatic heterocycles. The van der Waals surface area contributed by atoms with Crippen molar-refractivity contribution in [3.05, 3.63) is 40.4 Å². The number of hydrogen-bond acceptors (Lipinski definition) is 10. The SMILES string of the molecule is C[C@@H](O)C(CO)OC(Sc1ccc(C(F)(F)F)c(Cl)c1)[C@@H](O)Cn1cc(-c2csc(O)n2)nn1. The summed E-state index contributed by atoms with van der Waals surface area (Å²) in [6.07, 6.45) is -6.60. The molecule has 3 rings (SSSR count). The Morgan fingerprint density at radius 3 is 2.56 bits per heavy atom. The topological polar surface area (TPSA) is 134 Å². The number of thioether (sulfide) groups is 1. The fraction of sp³-hybridized carbons (Fsp3) is 0.421. The highest BCUT2D eigenvalue weighted by Crippen LogP contribution is 2.38. The van der Waals surface area contributed by atoms with E-state index in [1.165, 1.54) is 23.9 Å². The van der Waals surface area contributed by atoms with E-state index in [2.05, 4.69) is 15.3 Å². The molecule has 3 aromatic rings. The van der Waals surface area contributed by atoms with Crippen LogP contribution >= 0.6 is 34.7 Å². The molecule has 0 saturated carbocycles. The number of benzene rings is 1. The predicted molar refractivity (Wildman–Crippen MR) is 119 cm³/mol. The van der Waals surface area contributed by atoms with Crippen molar-refractivity contribution in [3.63, 3.8) is 0 Å². The van der Waals surface area contributed by atoms with Crippen molar-refractivity contribution in [2.45, 2.75) is 48.3 Å². The number of ether oxygens (including phenoxy) is 1. The summed E-state index contributed by atoms with van der Waals surface area (Å²) in [4.78, 5) is 4.15. The Morgan fingerprint density at radius 2 is 2.00 bits per heavy atom. The number of aliphatic hydroxyl groups excluding tert-OH is 3. The second kappa shape index (κ2) is 11.2. The maximum Gasteiger partial charge on any atom is 0.417 e. The summed E-state index contributed by atoms with van der Waals surface area (Å²) in [6.45, 7) is 0.681. The molecule has 0 bridgehead atoms. The summed E-state index contributed by atoms with van der Waals surface area (Å²) in [5.74, 6) is 0. The van der Waals surface area contributed by atoms with Crippen molar-refractivity contribution in [2.24, 2.45) is 0 Å². The molecule has 9 nitrogen and oxygen atoms in total. The molecule has 0 aliphatic heterocycles. The van der Waals surface area contributed by atoms with Crippen molar-refractivity contribution < 1.29 is 38.3 Å². The molecular formula is C19H20ClF3N4O5S2. The molecule has 4 N–H and O–H groups in total. The van der Waals surface area contributed by atoms with Crippen molar-refractivity contribution in [2.75, 3.05) is 6.61 Å². The van der Waals surface area contributed by atoms with E-state index in [-0.39, 0.29) is 16.6 Å². The Bertz CT molecular complexity index is 1100. The van der Waals surface area contributed by atoms with Gasteiger partial charge < -0.3 is 25.2 Å². The monoisotopic (exact) mass is 540 g/mol. The lowest BCUT2D eigenvalue weighted by Crippen LogP contribution is -2.39. The molecule has 4 atom stereocenters. The lowest BCUT2D eigenvalue weighted by Gasteiger charge is -2.28. The first-order valence-corrected chi connectivity index (χ1v) is 11.8. The molecule has 0 aliphatic carbocycles. The number of alkyl halides is 3. The molecule has 0 spiro atoms. The average molecular weight is 541 g/mol. The highest BCUT2D eigenvalue weighted by molar-refractivity contribution is 7.99. The minimum Gasteiger partial charge on any atom is -0.486 e. The summed E-state index contributed by atoms with van der Waals surface area (Å²) in [7, 11) is 0. The molecule has 34 heavy (non-hydrogen) atoms. The van der Waals surface area contributed by atoms with Gasteiger partial charge in [0.1, 0.15) is 29.0 Å². The van der Waals surface area contributed by atoms with Crippen LogP contribution in [0.5, 0.6) is 5.19 Å². The Balaban J connectivity index is 1.79. The van der Waals surface area contributed by atoms with Crippen LogP contribution in [0, 0.1) is 0 Å². The molecule has 2 heterocycles. The van der Waals surface area contributed by atoms with Crippen LogP contribution in [-0.4, -0.2) is 70.8 Å². The zero-order valence-electron chi connectivity index (χ0n) is 17.4.